The Morgan fingerprint density at radius 3 is 2.32 bits per heavy atom. The van der Waals surface area contributed by atoms with Crippen molar-refractivity contribution in [3.05, 3.63) is 70.9 Å². The summed E-state index contributed by atoms with van der Waals surface area (Å²) in [6.45, 7) is 1.73. The van der Waals surface area contributed by atoms with Crippen molar-refractivity contribution in [3.8, 4) is 0 Å². The average molecular weight is 423 g/mol. The van der Waals surface area contributed by atoms with Crippen LogP contribution in [0.5, 0.6) is 0 Å². The second kappa shape index (κ2) is 9.50. The zero-order valence-electron chi connectivity index (χ0n) is 15.2. The van der Waals surface area contributed by atoms with Crippen molar-refractivity contribution in [2.24, 2.45) is 0 Å². The van der Waals surface area contributed by atoms with Gasteiger partial charge in [-0.3, -0.25) is 4.79 Å². The average Bonchev–Trinajstić information content (AvgIpc) is 2.69. The van der Waals surface area contributed by atoms with Gasteiger partial charge in [-0.1, -0.05) is 23.7 Å². The number of ether oxygens (including phenoxy) is 1. The Morgan fingerprint density at radius 1 is 1.11 bits per heavy atom. The summed E-state index contributed by atoms with van der Waals surface area (Å²) in [5.74, 6) is -1.39. The van der Waals surface area contributed by atoms with Gasteiger partial charge in [-0.15, -0.1) is 0 Å². The van der Waals surface area contributed by atoms with Crippen molar-refractivity contribution in [2.45, 2.75) is 11.8 Å². The molecular formula is C19H19ClN2O5S. The number of rotatable bonds is 8. The SMILES string of the molecule is CCOC(=O)/C(=C/Nc1ccc(S(=O)(=O)NC)cc1)C(=O)c1ccccc1Cl. The summed E-state index contributed by atoms with van der Waals surface area (Å²) in [4.78, 5) is 25.1. The third kappa shape index (κ3) is 5.19. The number of anilines is 1. The number of halogens is 1. The Hall–Kier alpha value is -2.68. The molecule has 2 aromatic carbocycles. The topological polar surface area (TPSA) is 102 Å². The zero-order chi connectivity index (χ0) is 20.7. The van der Waals surface area contributed by atoms with E-state index in [9.17, 15) is 18.0 Å². The summed E-state index contributed by atoms with van der Waals surface area (Å²) in [7, 11) is -2.24. The number of hydrogen-bond donors (Lipinski definition) is 2. The Bertz CT molecular complexity index is 1000. The van der Waals surface area contributed by atoms with Gasteiger partial charge in [0.2, 0.25) is 15.8 Å². The van der Waals surface area contributed by atoms with Crippen molar-refractivity contribution in [1.29, 1.82) is 0 Å². The van der Waals surface area contributed by atoms with Crippen molar-refractivity contribution in [2.75, 3.05) is 19.0 Å². The number of Topliss-reactive ketones (excluding diaryl/α,β-unsaturated/α-hetero) is 1. The molecule has 0 saturated heterocycles. The van der Waals surface area contributed by atoms with Crippen LogP contribution in [0, 0.1) is 0 Å². The fraction of sp³-hybridized carbons (Fsp3) is 0.158. The molecule has 0 spiro atoms. The molecule has 2 aromatic rings. The highest BCUT2D eigenvalue weighted by Gasteiger charge is 2.23. The minimum Gasteiger partial charge on any atom is -0.462 e. The monoisotopic (exact) mass is 422 g/mol. The Balaban J connectivity index is 2.32. The largest absolute Gasteiger partial charge is 0.462 e. The van der Waals surface area contributed by atoms with Gasteiger partial charge >= 0.3 is 5.97 Å². The first kappa shape index (κ1) is 21.6. The van der Waals surface area contributed by atoms with Crippen molar-refractivity contribution in [1.82, 2.24) is 4.72 Å². The van der Waals surface area contributed by atoms with E-state index in [-0.39, 0.29) is 27.7 Å². The van der Waals surface area contributed by atoms with E-state index in [4.69, 9.17) is 16.3 Å². The first-order valence-corrected chi connectivity index (χ1v) is 10.1. The van der Waals surface area contributed by atoms with Crippen LogP contribution >= 0.6 is 11.6 Å². The van der Waals surface area contributed by atoms with Crippen LogP contribution in [0.4, 0.5) is 5.69 Å². The summed E-state index contributed by atoms with van der Waals surface area (Å²) >= 11 is 6.05. The minimum atomic E-state index is -3.56. The predicted octanol–water partition coefficient (Wildman–Crippen LogP) is 2.99. The molecule has 0 aliphatic rings. The number of sulfonamides is 1. The van der Waals surface area contributed by atoms with Crippen molar-refractivity contribution < 1.29 is 22.7 Å². The molecule has 2 N–H and O–H groups in total. The predicted molar refractivity (Wildman–Crippen MR) is 107 cm³/mol. The first-order valence-electron chi connectivity index (χ1n) is 8.26. The van der Waals surface area contributed by atoms with E-state index in [1.54, 1.807) is 25.1 Å². The second-order valence-electron chi connectivity index (χ2n) is 5.46. The first-order chi connectivity index (χ1) is 13.3. The molecule has 0 unspecified atom stereocenters. The van der Waals surface area contributed by atoms with Gasteiger partial charge in [0.15, 0.2) is 0 Å². The fourth-order valence-corrected chi connectivity index (χ4v) is 3.17. The lowest BCUT2D eigenvalue weighted by Gasteiger charge is -2.09. The van der Waals surface area contributed by atoms with Crippen LogP contribution in [0.15, 0.2) is 65.2 Å². The third-order valence-electron chi connectivity index (χ3n) is 3.67. The van der Waals surface area contributed by atoms with E-state index in [1.807, 2.05) is 0 Å². The molecule has 9 heteroatoms. The standard InChI is InChI=1S/C19H19ClN2O5S/c1-3-27-19(24)16(18(23)15-6-4-5-7-17(15)20)12-22-13-8-10-14(11-9-13)28(25,26)21-2/h4-12,21-22H,3H2,1-2H3/b16-12+. The number of esters is 1. The number of ketones is 1. The normalized spacial score (nSPS) is 11.8. The fourth-order valence-electron chi connectivity index (χ4n) is 2.22. The van der Waals surface area contributed by atoms with Crippen LogP contribution in [-0.4, -0.2) is 33.8 Å². The number of carbonyl (C=O) groups is 2. The minimum absolute atomic E-state index is 0.0855. The molecular weight excluding hydrogens is 404 g/mol. The van der Waals surface area contributed by atoms with Gasteiger partial charge in [0.1, 0.15) is 5.57 Å². The highest BCUT2D eigenvalue weighted by atomic mass is 35.5. The van der Waals surface area contributed by atoms with E-state index >= 15 is 0 Å². The highest BCUT2D eigenvalue weighted by Crippen LogP contribution is 2.20. The molecule has 2 rings (SSSR count). The lowest BCUT2D eigenvalue weighted by atomic mass is 10.0. The zero-order valence-corrected chi connectivity index (χ0v) is 16.8. The molecule has 0 aliphatic heterocycles. The molecule has 0 amide bonds. The van der Waals surface area contributed by atoms with Crippen molar-refractivity contribution in [3.63, 3.8) is 0 Å². The molecule has 0 aliphatic carbocycles. The van der Waals surface area contributed by atoms with Crippen LogP contribution in [0.3, 0.4) is 0 Å². The number of carbonyl (C=O) groups excluding carboxylic acids is 2. The summed E-state index contributed by atoms with van der Waals surface area (Å²) in [5.41, 5.74) is 0.409. The van der Waals surface area contributed by atoms with Crippen molar-refractivity contribution >= 4 is 39.1 Å². The van der Waals surface area contributed by atoms with E-state index in [1.165, 1.54) is 43.6 Å². The highest BCUT2D eigenvalue weighted by molar-refractivity contribution is 7.89. The molecule has 7 nitrogen and oxygen atoms in total. The van der Waals surface area contributed by atoms with Gasteiger partial charge in [-0.05, 0) is 50.4 Å². The maximum absolute atomic E-state index is 12.7. The number of hydrogen-bond acceptors (Lipinski definition) is 6. The molecule has 0 atom stereocenters. The van der Waals surface area contributed by atoms with E-state index in [2.05, 4.69) is 10.0 Å². The second-order valence-corrected chi connectivity index (χ2v) is 7.76. The quantitative estimate of drug-likeness (QED) is 0.223. The van der Waals surface area contributed by atoms with Gasteiger partial charge in [0, 0.05) is 17.5 Å². The van der Waals surface area contributed by atoms with Crippen LogP contribution in [0.25, 0.3) is 0 Å². The van der Waals surface area contributed by atoms with E-state index < -0.39 is 21.8 Å². The molecule has 28 heavy (non-hydrogen) atoms. The van der Waals surface area contributed by atoms with Crippen LogP contribution in [0.2, 0.25) is 5.02 Å². The maximum atomic E-state index is 12.7. The van der Waals surface area contributed by atoms with E-state index in [0.717, 1.165) is 0 Å². The van der Waals surface area contributed by atoms with E-state index in [0.29, 0.717) is 5.69 Å². The summed E-state index contributed by atoms with van der Waals surface area (Å²) in [5, 5.41) is 3.02. The lowest BCUT2D eigenvalue weighted by molar-refractivity contribution is -0.138. The van der Waals surface area contributed by atoms with Gasteiger partial charge in [-0.2, -0.15) is 0 Å². The Morgan fingerprint density at radius 2 is 1.75 bits per heavy atom. The van der Waals surface area contributed by atoms with Crippen LogP contribution in [-0.2, 0) is 19.6 Å². The molecule has 0 aromatic heterocycles. The smallest absolute Gasteiger partial charge is 0.343 e. The Kier molecular flexibility index (Phi) is 7.33. The number of benzene rings is 2. The van der Waals surface area contributed by atoms with Gasteiger partial charge in [-0.25, -0.2) is 17.9 Å². The molecule has 0 fully saturated rings. The van der Waals surface area contributed by atoms with Gasteiger partial charge in [0.25, 0.3) is 0 Å². The molecule has 148 valence electrons. The lowest BCUT2D eigenvalue weighted by Crippen LogP contribution is -2.18. The summed E-state index contributed by atoms with van der Waals surface area (Å²) in [6.07, 6.45) is 1.21. The molecule has 0 bridgehead atoms. The third-order valence-corrected chi connectivity index (χ3v) is 5.43. The van der Waals surface area contributed by atoms with Gasteiger partial charge < -0.3 is 10.1 Å². The Labute approximate surface area is 168 Å². The molecule has 0 heterocycles. The molecule has 0 radical (unpaired) electrons. The maximum Gasteiger partial charge on any atom is 0.343 e. The summed E-state index contributed by atoms with van der Waals surface area (Å²) in [6, 6.07) is 12.2. The molecule has 0 saturated carbocycles. The van der Waals surface area contributed by atoms with Crippen LogP contribution in [0.1, 0.15) is 17.3 Å². The number of nitrogens with one attached hydrogen (secondary N) is 2. The summed E-state index contributed by atoms with van der Waals surface area (Å²) < 4.78 is 30.7. The van der Waals surface area contributed by atoms with Crippen LogP contribution < -0.4 is 10.0 Å². The van der Waals surface area contributed by atoms with Gasteiger partial charge in [0.05, 0.1) is 16.5 Å².